The van der Waals surface area contributed by atoms with E-state index < -0.39 is 0 Å². The van der Waals surface area contributed by atoms with E-state index in [2.05, 4.69) is 4.90 Å². The number of carbonyl (C=O) groups is 1. The first-order valence-corrected chi connectivity index (χ1v) is 4.71. The van der Waals surface area contributed by atoms with Crippen molar-refractivity contribution in [2.45, 2.75) is 25.3 Å². The summed E-state index contributed by atoms with van der Waals surface area (Å²) in [5.74, 6) is 0.180. The van der Waals surface area contributed by atoms with Crippen molar-refractivity contribution in [2.24, 2.45) is 0 Å². The van der Waals surface area contributed by atoms with Crippen LogP contribution in [0.3, 0.4) is 0 Å². The van der Waals surface area contributed by atoms with Gasteiger partial charge in [-0.2, -0.15) is 0 Å². The minimum Gasteiger partial charge on any atom is -0.337 e. The predicted octanol–water partition coefficient (Wildman–Crippen LogP) is 0.598. The summed E-state index contributed by atoms with van der Waals surface area (Å²) in [5, 5.41) is 0.713. The average Bonchev–Trinajstić information content (AvgIpc) is 2.33. The second kappa shape index (κ2) is 2.69. The number of hydrogen-bond donors (Lipinski definition) is 0. The molecule has 12 heavy (non-hydrogen) atoms. The Bertz CT molecular complexity index is 217. The Hall–Kier alpha value is -0.640. The molecule has 0 bridgehead atoms. The molecule has 3 nitrogen and oxygen atoms in total. The number of amides is 1. The first-order valence-electron chi connectivity index (χ1n) is 4.30. The topological polar surface area (TPSA) is 23.6 Å². The monoisotopic (exact) mass is 184 g/mol. The molecule has 0 N–H and O–H groups in total. The van der Waals surface area contributed by atoms with Crippen LogP contribution in [0.1, 0.15) is 19.3 Å². The summed E-state index contributed by atoms with van der Waals surface area (Å²) < 4.78 is 0. The zero-order chi connectivity index (χ0) is 8.72. The highest BCUT2D eigenvalue weighted by Gasteiger charge is 2.40. The van der Waals surface area contributed by atoms with Gasteiger partial charge in [0.05, 0.1) is 0 Å². The Labute approximate surface area is 77.3 Å². The van der Waals surface area contributed by atoms with Crippen molar-refractivity contribution in [1.82, 2.24) is 9.80 Å². The van der Waals surface area contributed by atoms with Gasteiger partial charge < -0.3 is 4.90 Å². The third kappa shape index (κ3) is 0.941. The molecule has 2 heterocycles. The molecule has 1 atom stereocenters. The molecule has 2 rings (SSSR count). The molecule has 0 spiro atoms. The Morgan fingerprint density at radius 2 is 2.25 bits per heavy atom. The van der Waals surface area contributed by atoms with Crippen LogP contribution in [-0.4, -0.2) is 40.5 Å². The van der Waals surface area contributed by atoms with E-state index in [1.165, 1.54) is 0 Å². The average molecular weight is 184 g/mol. The highest BCUT2D eigenvalue weighted by molar-refractivity contribution is 7.80. The maximum Gasteiger partial charge on any atom is 0.251 e. The van der Waals surface area contributed by atoms with Crippen LogP contribution in [0.2, 0.25) is 0 Å². The van der Waals surface area contributed by atoms with Crippen molar-refractivity contribution in [3.05, 3.63) is 0 Å². The number of nitrogens with zero attached hydrogens (tertiary/aromatic N) is 2. The van der Waals surface area contributed by atoms with E-state index >= 15 is 0 Å². The lowest BCUT2D eigenvalue weighted by molar-refractivity contribution is -0.127. The molecular weight excluding hydrogens is 172 g/mol. The van der Waals surface area contributed by atoms with Gasteiger partial charge >= 0.3 is 0 Å². The second-order valence-electron chi connectivity index (χ2n) is 3.38. The number of thiocarbonyl (C=S) groups is 1. The van der Waals surface area contributed by atoms with Crippen molar-refractivity contribution >= 4 is 23.2 Å². The number of fused-ring (bicyclic) bond motifs is 1. The minimum atomic E-state index is 0.0660. The van der Waals surface area contributed by atoms with Gasteiger partial charge in [0.2, 0.25) is 0 Å². The lowest BCUT2D eigenvalue weighted by Gasteiger charge is -2.27. The van der Waals surface area contributed by atoms with E-state index in [0.29, 0.717) is 5.11 Å². The normalized spacial score (nSPS) is 29.6. The molecule has 2 aliphatic heterocycles. The summed E-state index contributed by atoms with van der Waals surface area (Å²) in [4.78, 5) is 15.2. The maximum atomic E-state index is 11.5. The van der Waals surface area contributed by atoms with E-state index in [1.807, 2.05) is 0 Å². The zero-order valence-corrected chi connectivity index (χ0v) is 7.93. The van der Waals surface area contributed by atoms with Gasteiger partial charge in [0.15, 0.2) is 5.11 Å². The molecule has 0 radical (unpaired) electrons. The lowest BCUT2D eigenvalue weighted by atomic mass is 10.0. The van der Waals surface area contributed by atoms with Crippen LogP contribution in [-0.2, 0) is 4.79 Å². The molecule has 0 aromatic carbocycles. The van der Waals surface area contributed by atoms with Crippen molar-refractivity contribution in [2.75, 3.05) is 13.6 Å². The molecule has 1 amide bonds. The first-order chi connectivity index (χ1) is 5.72. The molecular formula is C8H12N2OS. The quantitative estimate of drug-likeness (QED) is 0.515. The van der Waals surface area contributed by atoms with E-state index in [4.69, 9.17) is 12.2 Å². The van der Waals surface area contributed by atoms with Crippen LogP contribution in [0.25, 0.3) is 0 Å². The Morgan fingerprint density at radius 1 is 1.50 bits per heavy atom. The molecule has 0 aromatic rings. The molecule has 2 aliphatic rings. The standard InChI is InChI=1S/C8H12N2OS/c1-9-7(11)6-4-2-3-5-10(6)8(9)12/h6H,2-5H2,1H3. The summed E-state index contributed by atoms with van der Waals surface area (Å²) >= 11 is 5.15. The van der Waals surface area contributed by atoms with Gasteiger partial charge in [0, 0.05) is 13.6 Å². The minimum absolute atomic E-state index is 0.0660. The summed E-state index contributed by atoms with van der Waals surface area (Å²) in [5.41, 5.74) is 0. The van der Waals surface area contributed by atoms with Gasteiger partial charge in [0.25, 0.3) is 5.91 Å². The van der Waals surface area contributed by atoms with Crippen LogP contribution >= 0.6 is 12.2 Å². The van der Waals surface area contributed by atoms with Crippen LogP contribution in [0, 0.1) is 0 Å². The van der Waals surface area contributed by atoms with E-state index in [1.54, 1.807) is 11.9 Å². The number of rotatable bonds is 0. The van der Waals surface area contributed by atoms with Crippen molar-refractivity contribution in [3.8, 4) is 0 Å². The van der Waals surface area contributed by atoms with Crippen LogP contribution < -0.4 is 0 Å². The van der Waals surface area contributed by atoms with Crippen LogP contribution in [0.15, 0.2) is 0 Å². The highest BCUT2D eigenvalue weighted by atomic mass is 32.1. The molecule has 0 aromatic heterocycles. The number of likely N-dealkylation sites (N-methyl/N-ethyl adjacent to an activating group) is 1. The number of carbonyl (C=O) groups excluding carboxylic acids is 1. The predicted molar refractivity (Wildman–Crippen MR) is 49.7 cm³/mol. The number of hydrogen-bond acceptors (Lipinski definition) is 2. The Kier molecular flexibility index (Phi) is 1.79. The number of piperidine rings is 1. The third-order valence-corrected chi connectivity index (χ3v) is 3.16. The maximum absolute atomic E-state index is 11.5. The summed E-state index contributed by atoms with van der Waals surface area (Å²) in [6.07, 6.45) is 3.30. The highest BCUT2D eigenvalue weighted by Crippen LogP contribution is 2.25. The summed E-state index contributed by atoms with van der Waals surface area (Å²) in [7, 11) is 1.77. The van der Waals surface area contributed by atoms with Gasteiger partial charge in [-0.25, -0.2) is 0 Å². The van der Waals surface area contributed by atoms with E-state index in [0.717, 1.165) is 25.8 Å². The summed E-state index contributed by atoms with van der Waals surface area (Å²) in [6, 6.07) is 0.0660. The first kappa shape index (κ1) is 7.98. The van der Waals surface area contributed by atoms with Gasteiger partial charge in [-0.3, -0.25) is 9.69 Å². The molecule has 2 saturated heterocycles. The molecule has 4 heteroatoms. The second-order valence-corrected chi connectivity index (χ2v) is 3.75. The Morgan fingerprint density at radius 3 is 2.92 bits per heavy atom. The van der Waals surface area contributed by atoms with Crippen LogP contribution in [0.4, 0.5) is 0 Å². The van der Waals surface area contributed by atoms with Gasteiger partial charge in [0.1, 0.15) is 6.04 Å². The third-order valence-electron chi connectivity index (χ3n) is 2.65. The van der Waals surface area contributed by atoms with Crippen molar-refractivity contribution in [1.29, 1.82) is 0 Å². The SMILES string of the molecule is CN1C(=O)C2CCCCN2C1=S. The van der Waals surface area contributed by atoms with Crippen molar-refractivity contribution in [3.63, 3.8) is 0 Å². The molecule has 2 fully saturated rings. The lowest BCUT2D eigenvalue weighted by Crippen LogP contribution is -2.38. The van der Waals surface area contributed by atoms with Gasteiger partial charge in [-0.1, -0.05) is 0 Å². The van der Waals surface area contributed by atoms with Gasteiger partial charge in [-0.15, -0.1) is 0 Å². The van der Waals surface area contributed by atoms with E-state index in [-0.39, 0.29) is 11.9 Å². The Balaban J connectivity index is 2.25. The molecule has 66 valence electrons. The zero-order valence-electron chi connectivity index (χ0n) is 7.12. The van der Waals surface area contributed by atoms with Crippen molar-refractivity contribution < 1.29 is 4.79 Å². The summed E-state index contributed by atoms with van der Waals surface area (Å²) in [6.45, 7) is 0.958. The van der Waals surface area contributed by atoms with Crippen LogP contribution in [0.5, 0.6) is 0 Å². The fraction of sp³-hybridized carbons (Fsp3) is 0.750. The van der Waals surface area contributed by atoms with Gasteiger partial charge in [-0.05, 0) is 31.5 Å². The molecule has 0 saturated carbocycles. The largest absolute Gasteiger partial charge is 0.337 e. The fourth-order valence-electron chi connectivity index (χ4n) is 1.93. The molecule has 0 aliphatic carbocycles. The van der Waals surface area contributed by atoms with E-state index in [9.17, 15) is 4.79 Å². The molecule has 1 unspecified atom stereocenters. The smallest absolute Gasteiger partial charge is 0.251 e. The fourth-order valence-corrected chi connectivity index (χ4v) is 2.24.